The minimum Gasteiger partial charge on any atom is -0.378 e. The summed E-state index contributed by atoms with van der Waals surface area (Å²) in [6.45, 7) is 4.42. The smallest absolute Gasteiger partial charge is 0.158 e. The Kier molecular flexibility index (Phi) is 5.52. The predicted octanol–water partition coefficient (Wildman–Crippen LogP) is 4.14. The molecule has 0 saturated carbocycles. The van der Waals surface area contributed by atoms with Crippen LogP contribution in [0.25, 0.3) is 0 Å². The zero-order valence-electron chi connectivity index (χ0n) is 9.10. The van der Waals surface area contributed by atoms with Crippen LogP contribution in [0.15, 0.2) is 17.0 Å². The molecule has 5 heteroatoms. The van der Waals surface area contributed by atoms with Gasteiger partial charge in [-0.3, -0.25) is 0 Å². The van der Waals surface area contributed by atoms with Crippen molar-refractivity contribution in [2.24, 2.45) is 0 Å². The van der Waals surface area contributed by atoms with E-state index in [4.69, 9.17) is 16.3 Å². The SMILES string of the molecule is CCOC(C)CSc1ccc(F)c(Cl)c1F. The van der Waals surface area contributed by atoms with Crippen molar-refractivity contribution in [2.75, 3.05) is 12.4 Å². The maximum atomic E-state index is 13.5. The first-order chi connectivity index (χ1) is 7.56. The lowest BCUT2D eigenvalue weighted by Crippen LogP contribution is -2.10. The van der Waals surface area contributed by atoms with Crippen molar-refractivity contribution in [2.45, 2.75) is 24.8 Å². The van der Waals surface area contributed by atoms with Gasteiger partial charge in [-0.2, -0.15) is 0 Å². The van der Waals surface area contributed by atoms with E-state index in [1.807, 2.05) is 13.8 Å². The van der Waals surface area contributed by atoms with Gasteiger partial charge in [0.2, 0.25) is 0 Å². The van der Waals surface area contributed by atoms with E-state index in [-0.39, 0.29) is 6.10 Å². The first kappa shape index (κ1) is 13.7. The first-order valence-electron chi connectivity index (χ1n) is 4.94. The number of hydrogen-bond donors (Lipinski definition) is 0. The van der Waals surface area contributed by atoms with Gasteiger partial charge < -0.3 is 4.74 Å². The minimum atomic E-state index is -0.735. The van der Waals surface area contributed by atoms with Crippen molar-refractivity contribution < 1.29 is 13.5 Å². The van der Waals surface area contributed by atoms with Gasteiger partial charge in [0.15, 0.2) is 5.82 Å². The molecular formula is C11H13ClF2OS. The van der Waals surface area contributed by atoms with Crippen LogP contribution in [0.2, 0.25) is 5.02 Å². The molecule has 0 radical (unpaired) electrons. The maximum Gasteiger partial charge on any atom is 0.158 e. The first-order valence-corrected chi connectivity index (χ1v) is 6.30. The van der Waals surface area contributed by atoms with E-state index in [0.717, 1.165) is 0 Å². The van der Waals surface area contributed by atoms with E-state index < -0.39 is 16.7 Å². The number of halogens is 3. The van der Waals surface area contributed by atoms with Crippen LogP contribution in [0.3, 0.4) is 0 Å². The summed E-state index contributed by atoms with van der Waals surface area (Å²) in [6.07, 6.45) is 0.0261. The molecule has 0 N–H and O–H groups in total. The maximum absolute atomic E-state index is 13.5. The Morgan fingerprint density at radius 1 is 1.44 bits per heavy atom. The minimum absolute atomic E-state index is 0.0261. The Hall–Kier alpha value is -0.320. The number of benzene rings is 1. The molecule has 0 amide bonds. The largest absolute Gasteiger partial charge is 0.378 e. The fraction of sp³-hybridized carbons (Fsp3) is 0.455. The molecule has 1 aromatic rings. The second-order valence-electron chi connectivity index (χ2n) is 3.25. The third-order valence-electron chi connectivity index (χ3n) is 1.92. The summed E-state index contributed by atoms with van der Waals surface area (Å²) < 4.78 is 31.6. The van der Waals surface area contributed by atoms with Crippen LogP contribution in [0.4, 0.5) is 8.78 Å². The van der Waals surface area contributed by atoms with Crippen molar-refractivity contribution in [1.29, 1.82) is 0 Å². The zero-order valence-corrected chi connectivity index (χ0v) is 10.7. The van der Waals surface area contributed by atoms with Crippen molar-refractivity contribution in [3.05, 3.63) is 28.8 Å². The summed E-state index contributed by atoms with van der Waals surface area (Å²) in [5, 5.41) is -0.450. The molecule has 1 atom stereocenters. The van der Waals surface area contributed by atoms with E-state index in [1.165, 1.54) is 23.9 Å². The molecule has 1 rings (SSSR count). The summed E-state index contributed by atoms with van der Waals surface area (Å²) in [7, 11) is 0. The molecule has 1 aromatic carbocycles. The van der Waals surface area contributed by atoms with Gasteiger partial charge >= 0.3 is 0 Å². The lowest BCUT2D eigenvalue weighted by Gasteiger charge is -2.11. The van der Waals surface area contributed by atoms with Gasteiger partial charge in [-0.25, -0.2) is 8.78 Å². The number of ether oxygens (including phenoxy) is 1. The molecule has 1 nitrogen and oxygen atoms in total. The summed E-state index contributed by atoms with van der Waals surface area (Å²) >= 11 is 6.73. The third-order valence-corrected chi connectivity index (χ3v) is 3.53. The highest BCUT2D eigenvalue weighted by Crippen LogP contribution is 2.29. The van der Waals surface area contributed by atoms with Crippen molar-refractivity contribution in [1.82, 2.24) is 0 Å². The standard InChI is InChI=1S/C11H13ClF2OS/c1-3-15-7(2)6-16-9-5-4-8(13)10(12)11(9)14/h4-5,7H,3,6H2,1-2H3. The molecule has 0 spiro atoms. The molecular weight excluding hydrogens is 254 g/mol. The molecule has 1 unspecified atom stereocenters. The lowest BCUT2D eigenvalue weighted by atomic mass is 10.3. The highest BCUT2D eigenvalue weighted by Gasteiger charge is 2.13. The van der Waals surface area contributed by atoms with Crippen LogP contribution >= 0.6 is 23.4 Å². The summed E-state index contributed by atoms with van der Waals surface area (Å²) in [5.74, 6) is -0.830. The topological polar surface area (TPSA) is 9.23 Å². The average Bonchev–Trinajstić information content (AvgIpc) is 2.25. The van der Waals surface area contributed by atoms with Gasteiger partial charge in [0.05, 0.1) is 6.10 Å². The zero-order chi connectivity index (χ0) is 12.1. The second kappa shape index (κ2) is 6.42. The fourth-order valence-corrected chi connectivity index (χ4v) is 2.28. The molecule has 0 aliphatic heterocycles. The van der Waals surface area contributed by atoms with Crippen LogP contribution < -0.4 is 0 Å². The van der Waals surface area contributed by atoms with E-state index in [1.54, 1.807) is 0 Å². The quantitative estimate of drug-likeness (QED) is 0.585. The monoisotopic (exact) mass is 266 g/mol. The van der Waals surface area contributed by atoms with E-state index >= 15 is 0 Å². The Morgan fingerprint density at radius 3 is 2.75 bits per heavy atom. The third kappa shape index (κ3) is 3.61. The van der Waals surface area contributed by atoms with Gasteiger partial charge in [-0.15, -0.1) is 11.8 Å². The van der Waals surface area contributed by atoms with Crippen molar-refractivity contribution in [3.8, 4) is 0 Å². The highest BCUT2D eigenvalue weighted by molar-refractivity contribution is 7.99. The molecule has 0 bridgehead atoms. The molecule has 0 aliphatic carbocycles. The Morgan fingerprint density at radius 2 is 2.12 bits per heavy atom. The lowest BCUT2D eigenvalue weighted by molar-refractivity contribution is 0.0932. The van der Waals surface area contributed by atoms with Gasteiger partial charge in [0.25, 0.3) is 0 Å². The van der Waals surface area contributed by atoms with Gasteiger partial charge in [0, 0.05) is 17.3 Å². The molecule has 0 saturated heterocycles. The Balaban J connectivity index is 2.64. The van der Waals surface area contributed by atoms with Crippen LogP contribution in [0.5, 0.6) is 0 Å². The summed E-state index contributed by atoms with van der Waals surface area (Å²) in [6, 6.07) is 2.55. The normalized spacial score (nSPS) is 12.8. The van der Waals surface area contributed by atoms with Crippen LogP contribution in [-0.4, -0.2) is 18.5 Å². The molecule has 0 aromatic heterocycles. The van der Waals surface area contributed by atoms with Gasteiger partial charge in [-0.05, 0) is 26.0 Å². The van der Waals surface area contributed by atoms with Gasteiger partial charge in [-0.1, -0.05) is 11.6 Å². The summed E-state index contributed by atoms with van der Waals surface area (Å²) in [4.78, 5) is 0.345. The van der Waals surface area contributed by atoms with Crippen LogP contribution in [0.1, 0.15) is 13.8 Å². The summed E-state index contributed by atoms with van der Waals surface area (Å²) in [5.41, 5.74) is 0. The van der Waals surface area contributed by atoms with E-state index in [0.29, 0.717) is 17.3 Å². The molecule has 0 heterocycles. The van der Waals surface area contributed by atoms with Crippen LogP contribution in [0, 0.1) is 11.6 Å². The number of rotatable bonds is 5. The predicted molar refractivity (Wildman–Crippen MR) is 63.2 cm³/mol. The number of hydrogen-bond acceptors (Lipinski definition) is 2. The molecule has 90 valence electrons. The highest BCUT2D eigenvalue weighted by atomic mass is 35.5. The average molecular weight is 267 g/mol. The van der Waals surface area contributed by atoms with E-state index in [2.05, 4.69) is 0 Å². The molecule has 0 fully saturated rings. The van der Waals surface area contributed by atoms with Crippen molar-refractivity contribution in [3.63, 3.8) is 0 Å². The van der Waals surface area contributed by atoms with Crippen molar-refractivity contribution >= 4 is 23.4 Å². The Labute approximate surface area is 103 Å². The second-order valence-corrected chi connectivity index (χ2v) is 4.69. The van der Waals surface area contributed by atoms with Gasteiger partial charge in [0.1, 0.15) is 10.8 Å². The molecule has 0 aliphatic rings. The molecule has 16 heavy (non-hydrogen) atoms. The number of thioether (sulfide) groups is 1. The van der Waals surface area contributed by atoms with Crippen LogP contribution in [-0.2, 0) is 4.74 Å². The van der Waals surface area contributed by atoms with E-state index in [9.17, 15) is 8.78 Å². The Bertz CT molecular complexity index is 360. The fourth-order valence-electron chi connectivity index (χ4n) is 1.16.